The van der Waals surface area contributed by atoms with E-state index in [9.17, 15) is 5.11 Å². The largest absolute Gasteiger partial charge is 0.387 e. The van der Waals surface area contributed by atoms with Crippen LogP contribution in [0.15, 0.2) is 22.7 Å². The molecule has 2 nitrogen and oxygen atoms in total. The van der Waals surface area contributed by atoms with E-state index in [-0.39, 0.29) is 0 Å². The molecule has 1 aromatic carbocycles. The molecule has 0 aliphatic rings. The molecule has 0 radical (unpaired) electrons. The smallest absolute Gasteiger partial charge is 0.0892 e. The fourth-order valence-electron chi connectivity index (χ4n) is 1.45. The first kappa shape index (κ1) is 14.0. The fraction of sp³-hybridized carbons (Fsp3) is 0.500. The third-order valence-corrected chi connectivity index (χ3v) is 3.05. The van der Waals surface area contributed by atoms with Crippen molar-refractivity contribution in [1.82, 2.24) is 0 Å². The van der Waals surface area contributed by atoms with E-state index in [0.29, 0.717) is 24.7 Å². The Bertz CT molecular complexity index is 353. The molecule has 1 atom stereocenters. The zero-order chi connectivity index (χ0) is 12.2. The van der Waals surface area contributed by atoms with E-state index >= 15 is 0 Å². The maximum atomic E-state index is 10.1. The van der Waals surface area contributed by atoms with Gasteiger partial charge in [0.25, 0.3) is 0 Å². The van der Waals surface area contributed by atoms with Crippen molar-refractivity contribution in [2.45, 2.75) is 25.9 Å². The molecular weight excluding hydrogens is 291 g/mol. The molecule has 1 rings (SSSR count). The highest BCUT2D eigenvalue weighted by Crippen LogP contribution is 2.25. The van der Waals surface area contributed by atoms with Crippen LogP contribution >= 0.6 is 27.5 Å². The standard InChI is InChI=1S/C12H16BrClO2/c1-3-16-8-12(2,15)7-9-4-5-10(13)6-11(9)14/h4-6,15H,3,7-8H2,1-2H3. The first-order chi connectivity index (χ1) is 7.44. The molecule has 0 bridgehead atoms. The van der Waals surface area contributed by atoms with Gasteiger partial charge in [-0.3, -0.25) is 0 Å². The molecular formula is C12H16BrClO2. The van der Waals surface area contributed by atoms with Crippen LogP contribution in [0, 0.1) is 0 Å². The predicted octanol–water partition coefficient (Wildman–Crippen LogP) is 3.43. The Labute approximate surface area is 110 Å². The van der Waals surface area contributed by atoms with E-state index in [4.69, 9.17) is 16.3 Å². The number of aliphatic hydroxyl groups is 1. The highest BCUT2D eigenvalue weighted by molar-refractivity contribution is 9.10. The molecule has 90 valence electrons. The Morgan fingerprint density at radius 3 is 2.75 bits per heavy atom. The van der Waals surface area contributed by atoms with Gasteiger partial charge in [0.2, 0.25) is 0 Å². The molecule has 0 saturated heterocycles. The second kappa shape index (κ2) is 6.01. The van der Waals surface area contributed by atoms with Gasteiger partial charge < -0.3 is 9.84 Å². The lowest BCUT2D eigenvalue weighted by Crippen LogP contribution is -2.33. The van der Waals surface area contributed by atoms with Gasteiger partial charge in [0, 0.05) is 22.5 Å². The number of ether oxygens (including phenoxy) is 1. The lowest BCUT2D eigenvalue weighted by Gasteiger charge is -2.23. The fourth-order valence-corrected chi connectivity index (χ4v) is 2.19. The molecule has 4 heteroatoms. The summed E-state index contributed by atoms with van der Waals surface area (Å²) >= 11 is 9.43. The zero-order valence-corrected chi connectivity index (χ0v) is 11.8. The monoisotopic (exact) mass is 306 g/mol. The topological polar surface area (TPSA) is 29.5 Å². The summed E-state index contributed by atoms with van der Waals surface area (Å²) in [5.41, 5.74) is 0.0441. The van der Waals surface area contributed by atoms with E-state index in [1.54, 1.807) is 6.92 Å². The lowest BCUT2D eigenvalue weighted by molar-refractivity contribution is -0.0296. The van der Waals surface area contributed by atoms with E-state index in [1.165, 1.54) is 0 Å². The van der Waals surface area contributed by atoms with Crippen molar-refractivity contribution in [1.29, 1.82) is 0 Å². The average Bonchev–Trinajstić information content (AvgIpc) is 2.19. The molecule has 0 aliphatic heterocycles. The summed E-state index contributed by atoms with van der Waals surface area (Å²) in [6, 6.07) is 5.65. The van der Waals surface area contributed by atoms with Gasteiger partial charge in [0.1, 0.15) is 0 Å². The third kappa shape index (κ3) is 4.42. The minimum atomic E-state index is -0.881. The molecule has 16 heavy (non-hydrogen) atoms. The van der Waals surface area contributed by atoms with Gasteiger partial charge in [0.15, 0.2) is 0 Å². The van der Waals surface area contributed by atoms with Crippen LogP contribution in [0.4, 0.5) is 0 Å². The molecule has 0 spiro atoms. The van der Waals surface area contributed by atoms with Gasteiger partial charge in [-0.05, 0) is 31.5 Å². The Hall–Kier alpha value is -0.0900. The highest BCUT2D eigenvalue weighted by atomic mass is 79.9. The minimum Gasteiger partial charge on any atom is -0.387 e. The van der Waals surface area contributed by atoms with E-state index in [0.717, 1.165) is 10.0 Å². The summed E-state index contributed by atoms with van der Waals surface area (Å²) in [6.07, 6.45) is 0.485. The Kier molecular flexibility index (Phi) is 5.25. The van der Waals surface area contributed by atoms with Crippen molar-refractivity contribution in [3.05, 3.63) is 33.3 Å². The summed E-state index contributed by atoms with van der Waals surface area (Å²) in [5, 5.41) is 10.8. The van der Waals surface area contributed by atoms with Crippen molar-refractivity contribution in [2.75, 3.05) is 13.2 Å². The molecule has 0 aromatic heterocycles. The van der Waals surface area contributed by atoms with Gasteiger partial charge >= 0.3 is 0 Å². The molecule has 1 aromatic rings. The van der Waals surface area contributed by atoms with Crippen LogP contribution in [0.3, 0.4) is 0 Å². The van der Waals surface area contributed by atoms with Crippen LogP contribution in [0.25, 0.3) is 0 Å². The van der Waals surface area contributed by atoms with Gasteiger partial charge in [-0.25, -0.2) is 0 Å². The quantitative estimate of drug-likeness (QED) is 0.903. The van der Waals surface area contributed by atoms with Gasteiger partial charge in [-0.2, -0.15) is 0 Å². The molecule has 0 aliphatic carbocycles. The van der Waals surface area contributed by atoms with Crippen LogP contribution in [0.5, 0.6) is 0 Å². The van der Waals surface area contributed by atoms with E-state index < -0.39 is 5.60 Å². The minimum absolute atomic E-state index is 0.315. The summed E-state index contributed by atoms with van der Waals surface area (Å²) in [6.45, 7) is 4.57. The van der Waals surface area contributed by atoms with Crippen LogP contribution in [0.2, 0.25) is 5.02 Å². The number of halogens is 2. The van der Waals surface area contributed by atoms with Crippen molar-refractivity contribution in [3.8, 4) is 0 Å². The normalized spacial score (nSPS) is 14.8. The first-order valence-electron chi connectivity index (χ1n) is 5.18. The summed E-state index contributed by atoms with van der Waals surface area (Å²) in [5.74, 6) is 0. The molecule has 1 N–H and O–H groups in total. The number of benzene rings is 1. The molecule has 0 heterocycles. The highest BCUT2D eigenvalue weighted by Gasteiger charge is 2.22. The number of hydrogen-bond donors (Lipinski definition) is 1. The molecule has 0 amide bonds. The summed E-state index contributed by atoms with van der Waals surface area (Å²) in [7, 11) is 0. The Morgan fingerprint density at radius 2 is 2.19 bits per heavy atom. The Morgan fingerprint density at radius 1 is 1.50 bits per heavy atom. The third-order valence-electron chi connectivity index (χ3n) is 2.20. The summed E-state index contributed by atoms with van der Waals surface area (Å²) < 4.78 is 6.17. The van der Waals surface area contributed by atoms with Crippen LogP contribution in [0.1, 0.15) is 19.4 Å². The van der Waals surface area contributed by atoms with Crippen molar-refractivity contribution in [3.63, 3.8) is 0 Å². The maximum Gasteiger partial charge on any atom is 0.0892 e. The Balaban J connectivity index is 2.71. The second-order valence-corrected chi connectivity index (χ2v) is 5.37. The van der Waals surface area contributed by atoms with E-state index in [2.05, 4.69) is 15.9 Å². The van der Waals surface area contributed by atoms with Crippen molar-refractivity contribution < 1.29 is 9.84 Å². The number of rotatable bonds is 5. The molecule has 0 fully saturated rings. The lowest BCUT2D eigenvalue weighted by atomic mass is 9.97. The van der Waals surface area contributed by atoms with Crippen molar-refractivity contribution in [2.24, 2.45) is 0 Å². The van der Waals surface area contributed by atoms with Crippen LogP contribution in [-0.4, -0.2) is 23.9 Å². The SMILES string of the molecule is CCOCC(C)(O)Cc1ccc(Br)cc1Cl. The van der Waals surface area contributed by atoms with E-state index in [1.807, 2.05) is 25.1 Å². The summed E-state index contributed by atoms with van der Waals surface area (Å²) in [4.78, 5) is 0. The zero-order valence-electron chi connectivity index (χ0n) is 9.46. The van der Waals surface area contributed by atoms with Gasteiger partial charge in [-0.1, -0.05) is 33.6 Å². The van der Waals surface area contributed by atoms with Gasteiger partial charge in [0.05, 0.1) is 12.2 Å². The first-order valence-corrected chi connectivity index (χ1v) is 6.36. The van der Waals surface area contributed by atoms with Crippen LogP contribution < -0.4 is 0 Å². The van der Waals surface area contributed by atoms with Gasteiger partial charge in [-0.15, -0.1) is 0 Å². The van der Waals surface area contributed by atoms with Crippen molar-refractivity contribution >= 4 is 27.5 Å². The molecule has 1 unspecified atom stereocenters. The van der Waals surface area contributed by atoms with Crippen LogP contribution in [-0.2, 0) is 11.2 Å². The second-order valence-electron chi connectivity index (χ2n) is 4.05. The average molecular weight is 308 g/mol. The number of hydrogen-bond acceptors (Lipinski definition) is 2. The predicted molar refractivity (Wildman–Crippen MR) is 70.0 cm³/mol. The molecule has 0 saturated carbocycles. The maximum absolute atomic E-state index is 10.1.